The Morgan fingerprint density at radius 2 is 2.15 bits per heavy atom. The second kappa shape index (κ2) is 6.95. The summed E-state index contributed by atoms with van der Waals surface area (Å²) in [6.45, 7) is 1.18. The van der Waals surface area contributed by atoms with Crippen molar-refractivity contribution in [1.82, 2.24) is 24.5 Å². The van der Waals surface area contributed by atoms with Gasteiger partial charge in [0.15, 0.2) is 5.65 Å². The Morgan fingerprint density at radius 3 is 2.96 bits per heavy atom. The van der Waals surface area contributed by atoms with Gasteiger partial charge in [-0.15, -0.1) is 15.3 Å². The van der Waals surface area contributed by atoms with Gasteiger partial charge in [-0.2, -0.15) is 4.52 Å². The average molecular weight is 409 g/mol. The lowest BCUT2D eigenvalue weighted by molar-refractivity contribution is 0.402. The first kappa shape index (κ1) is 18.0. The van der Waals surface area contributed by atoms with Crippen LogP contribution in [0.15, 0.2) is 41.6 Å². The third kappa shape index (κ3) is 3.55. The number of nitrogens with one attached hydrogen (secondary N) is 1. The molecule has 1 aliphatic rings. The number of hydrogen-bond donors (Lipinski definition) is 1. The summed E-state index contributed by atoms with van der Waals surface area (Å²) >= 11 is 5.96. The molecule has 27 heavy (non-hydrogen) atoms. The van der Waals surface area contributed by atoms with Crippen LogP contribution < -0.4 is 14.4 Å². The highest BCUT2D eigenvalue weighted by molar-refractivity contribution is 7.89. The molecule has 2 aromatic heterocycles. The van der Waals surface area contributed by atoms with Gasteiger partial charge in [0.25, 0.3) is 0 Å². The maximum absolute atomic E-state index is 12.8. The van der Waals surface area contributed by atoms with Crippen molar-refractivity contribution in [3.05, 3.63) is 41.7 Å². The molecule has 1 aromatic carbocycles. The van der Waals surface area contributed by atoms with E-state index in [1.807, 2.05) is 17.0 Å². The standard InChI is InChI=1S/C16H17ClN6O3S/c1-26-13-3-2-11(17)8-14(13)27(24,25)21-12-6-7-22(9-12)16-5-4-15-19-18-10-23(15)20-16/h2-5,8,10,12,21H,6-7,9H2,1H3/t12-/m0/s1. The fourth-order valence-electron chi connectivity index (χ4n) is 3.10. The Kier molecular flexibility index (Phi) is 4.62. The molecule has 3 aromatic rings. The number of nitrogens with zero attached hydrogens (tertiary/aromatic N) is 5. The van der Waals surface area contributed by atoms with E-state index in [4.69, 9.17) is 16.3 Å². The van der Waals surface area contributed by atoms with Gasteiger partial charge in [0.1, 0.15) is 22.8 Å². The summed E-state index contributed by atoms with van der Waals surface area (Å²) in [6.07, 6.45) is 2.19. The summed E-state index contributed by atoms with van der Waals surface area (Å²) in [7, 11) is -2.35. The zero-order chi connectivity index (χ0) is 19.0. The van der Waals surface area contributed by atoms with Crippen molar-refractivity contribution < 1.29 is 13.2 Å². The van der Waals surface area contributed by atoms with E-state index in [1.54, 1.807) is 10.6 Å². The Hall–Kier alpha value is -2.43. The lowest BCUT2D eigenvalue weighted by atomic mass is 10.3. The van der Waals surface area contributed by atoms with E-state index in [-0.39, 0.29) is 16.7 Å². The number of halogens is 1. The van der Waals surface area contributed by atoms with Crippen molar-refractivity contribution in [2.24, 2.45) is 0 Å². The summed E-state index contributed by atoms with van der Waals surface area (Å²) in [5.74, 6) is 0.991. The molecule has 3 heterocycles. The van der Waals surface area contributed by atoms with Crippen LogP contribution in [-0.4, -0.2) is 54.5 Å². The number of fused-ring (bicyclic) bond motifs is 1. The Labute approximate surface area is 161 Å². The highest BCUT2D eigenvalue weighted by Gasteiger charge is 2.30. The Morgan fingerprint density at radius 1 is 1.30 bits per heavy atom. The molecule has 1 aliphatic heterocycles. The molecule has 0 unspecified atom stereocenters. The van der Waals surface area contributed by atoms with Crippen LogP contribution >= 0.6 is 11.6 Å². The predicted molar refractivity (Wildman–Crippen MR) is 99.7 cm³/mol. The largest absolute Gasteiger partial charge is 0.495 e. The van der Waals surface area contributed by atoms with Crippen LogP contribution in [0.1, 0.15) is 6.42 Å². The number of ether oxygens (including phenoxy) is 1. The summed E-state index contributed by atoms with van der Waals surface area (Å²) in [4.78, 5) is 2.04. The third-order valence-corrected chi connectivity index (χ3v) is 6.17. The van der Waals surface area contributed by atoms with Gasteiger partial charge < -0.3 is 9.64 Å². The van der Waals surface area contributed by atoms with Crippen LogP contribution in [0.5, 0.6) is 5.75 Å². The number of aromatic nitrogens is 4. The average Bonchev–Trinajstić information content (AvgIpc) is 3.29. The van der Waals surface area contributed by atoms with Gasteiger partial charge in [-0.3, -0.25) is 0 Å². The molecule has 11 heteroatoms. The monoisotopic (exact) mass is 408 g/mol. The molecule has 0 radical (unpaired) electrons. The molecule has 0 amide bonds. The topological polar surface area (TPSA) is 102 Å². The minimum absolute atomic E-state index is 0.0278. The molecule has 142 valence electrons. The molecule has 0 bridgehead atoms. The van der Waals surface area contributed by atoms with Gasteiger partial charge in [0, 0.05) is 24.2 Å². The summed E-state index contributed by atoms with van der Waals surface area (Å²) in [5.41, 5.74) is 0.656. The molecule has 0 aliphatic carbocycles. The zero-order valence-electron chi connectivity index (χ0n) is 14.4. The van der Waals surface area contributed by atoms with Crippen LogP contribution in [-0.2, 0) is 10.0 Å². The van der Waals surface area contributed by atoms with Gasteiger partial charge in [-0.1, -0.05) is 11.6 Å². The van der Waals surface area contributed by atoms with Gasteiger partial charge >= 0.3 is 0 Å². The van der Waals surface area contributed by atoms with Crippen molar-refractivity contribution in [2.45, 2.75) is 17.4 Å². The van der Waals surface area contributed by atoms with Crippen LogP contribution in [0.4, 0.5) is 5.82 Å². The van der Waals surface area contributed by atoms with Crippen molar-refractivity contribution in [2.75, 3.05) is 25.1 Å². The minimum Gasteiger partial charge on any atom is -0.495 e. The van der Waals surface area contributed by atoms with Crippen molar-refractivity contribution in [1.29, 1.82) is 0 Å². The second-order valence-electron chi connectivity index (χ2n) is 6.17. The van der Waals surface area contributed by atoms with Crippen molar-refractivity contribution in [3.8, 4) is 5.75 Å². The van der Waals surface area contributed by atoms with Gasteiger partial charge in [0.05, 0.1) is 7.11 Å². The Bertz CT molecular complexity index is 1090. The maximum Gasteiger partial charge on any atom is 0.244 e. The molecular weight excluding hydrogens is 392 g/mol. The first-order chi connectivity index (χ1) is 13.0. The molecule has 9 nitrogen and oxygen atoms in total. The number of rotatable bonds is 5. The number of sulfonamides is 1. The lowest BCUT2D eigenvalue weighted by Gasteiger charge is -2.18. The molecule has 0 spiro atoms. The number of anilines is 1. The molecule has 1 N–H and O–H groups in total. The molecule has 1 fully saturated rings. The van der Waals surface area contributed by atoms with E-state index in [2.05, 4.69) is 20.0 Å². The minimum atomic E-state index is -3.77. The predicted octanol–water partition coefficient (Wildman–Crippen LogP) is 1.34. The van der Waals surface area contributed by atoms with Crippen LogP contribution in [0.2, 0.25) is 5.02 Å². The Balaban J connectivity index is 1.51. The lowest BCUT2D eigenvalue weighted by Crippen LogP contribution is -2.37. The number of methoxy groups -OCH3 is 1. The molecule has 1 atom stereocenters. The normalized spacial score (nSPS) is 17.6. The van der Waals surface area contributed by atoms with Crippen LogP contribution in [0.3, 0.4) is 0 Å². The van der Waals surface area contributed by atoms with E-state index in [0.29, 0.717) is 30.2 Å². The smallest absolute Gasteiger partial charge is 0.244 e. The fourth-order valence-corrected chi connectivity index (χ4v) is 4.79. The summed E-state index contributed by atoms with van der Waals surface area (Å²) in [5, 5.41) is 12.5. The number of benzene rings is 1. The maximum atomic E-state index is 12.8. The molecule has 4 rings (SSSR count). The SMILES string of the molecule is COc1ccc(Cl)cc1S(=O)(=O)N[C@H]1CCN(c2ccc3nncn3n2)C1. The first-order valence-corrected chi connectivity index (χ1v) is 10.1. The van der Waals surface area contributed by atoms with Crippen LogP contribution in [0, 0.1) is 0 Å². The highest BCUT2D eigenvalue weighted by atomic mass is 35.5. The number of hydrogen-bond acceptors (Lipinski definition) is 7. The van der Waals surface area contributed by atoms with E-state index >= 15 is 0 Å². The van der Waals surface area contributed by atoms with E-state index < -0.39 is 10.0 Å². The van der Waals surface area contributed by atoms with Crippen molar-refractivity contribution in [3.63, 3.8) is 0 Å². The molecular formula is C16H17ClN6O3S. The summed E-state index contributed by atoms with van der Waals surface area (Å²) < 4.78 is 35.1. The third-order valence-electron chi connectivity index (χ3n) is 4.40. The van der Waals surface area contributed by atoms with Crippen molar-refractivity contribution >= 4 is 33.1 Å². The second-order valence-corrected chi connectivity index (χ2v) is 8.29. The highest BCUT2D eigenvalue weighted by Crippen LogP contribution is 2.28. The quantitative estimate of drug-likeness (QED) is 0.679. The fraction of sp³-hybridized carbons (Fsp3) is 0.312. The van der Waals surface area contributed by atoms with E-state index in [1.165, 1.54) is 25.6 Å². The van der Waals surface area contributed by atoms with Gasteiger partial charge in [-0.25, -0.2) is 13.1 Å². The zero-order valence-corrected chi connectivity index (χ0v) is 16.0. The molecule has 1 saturated heterocycles. The van der Waals surface area contributed by atoms with Gasteiger partial charge in [-0.05, 0) is 36.8 Å². The summed E-state index contributed by atoms with van der Waals surface area (Å²) in [6, 6.07) is 7.93. The van der Waals surface area contributed by atoms with Gasteiger partial charge in [0.2, 0.25) is 10.0 Å². The van der Waals surface area contributed by atoms with Crippen LogP contribution in [0.25, 0.3) is 5.65 Å². The molecule has 0 saturated carbocycles. The first-order valence-electron chi connectivity index (χ1n) is 8.24. The van der Waals surface area contributed by atoms with E-state index in [0.717, 1.165) is 5.82 Å². The van der Waals surface area contributed by atoms with E-state index in [9.17, 15) is 8.42 Å².